The quantitative estimate of drug-likeness (QED) is 0.397. The number of thiocarbonyl (C=S) groups is 1. The number of fused-ring (bicyclic) bond motifs is 1. The minimum absolute atomic E-state index is 0.220. The first-order chi connectivity index (χ1) is 19.2. The van der Waals surface area contributed by atoms with Gasteiger partial charge in [-0.3, -0.25) is 14.6 Å². The maximum Gasteiger partial charge on any atom is 0.410 e. The monoisotopic (exact) mass is 564 g/mol. The Kier molecular flexibility index (Phi) is 8.80. The average molecular weight is 565 g/mol. The first-order valence-electron chi connectivity index (χ1n) is 14.3. The summed E-state index contributed by atoms with van der Waals surface area (Å²) in [6.45, 7) is 10.6. The van der Waals surface area contributed by atoms with Crippen molar-refractivity contribution >= 4 is 40.3 Å². The molecule has 11 heteroatoms. The van der Waals surface area contributed by atoms with Crippen LogP contribution in [0.15, 0.2) is 36.8 Å². The van der Waals surface area contributed by atoms with Crippen molar-refractivity contribution in [2.75, 3.05) is 38.0 Å². The van der Waals surface area contributed by atoms with Crippen molar-refractivity contribution < 1.29 is 9.53 Å². The number of amides is 1. The molecule has 0 bridgehead atoms. The predicted molar refractivity (Wildman–Crippen MR) is 161 cm³/mol. The number of nitrogens with zero attached hydrogens (tertiary/aromatic N) is 6. The Morgan fingerprint density at radius 2 is 1.82 bits per heavy atom. The number of carbonyl (C=O) groups excluding carboxylic acids is 1. The molecule has 2 aliphatic rings. The number of rotatable bonds is 7. The number of hydrogen-bond donors (Lipinski definition) is 2. The molecule has 1 aliphatic carbocycles. The third-order valence-electron chi connectivity index (χ3n) is 7.32. The summed E-state index contributed by atoms with van der Waals surface area (Å²) in [5.74, 6) is 0.713. The van der Waals surface area contributed by atoms with Crippen molar-refractivity contribution in [3.63, 3.8) is 0 Å². The van der Waals surface area contributed by atoms with Gasteiger partial charge in [0.1, 0.15) is 11.4 Å². The molecule has 10 nitrogen and oxygen atoms in total. The van der Waals surface area contributed by atoms with Crippen LogP contribution in [0.2, 0.25) is 0 Å². The standard InChI is InChI=1S/C29H40N8O2S/c1-29(2,3)39-28(38)36-15-13-35(14-16-36)11-6-12-37-20-22(19-31-37)21-17-25-24(30-18-21)9-10-26(33-25)34-27(40)32-23-7-4-5-8-23/h9-10,17-20,23H,4-8,11-16H2,1-3H3,(H2,32,33,34,40). The lowest BCUT2D eigenvalue weighted by atomic mass is 10.1. The van der Waals surface area contributed by atoms with E-state index in [1.807, 2.05) is 56.0 Å². The number of aromatic nitrogens is 4. The minimum Gasteiger partial charge on any atom is -0.444 e. The number of anilines is 1. The van der Waals surface area contributed by atoms with Crippen molar-refractivity contribution in [2.24, 2.45) is 0 Å². The Hall–Kier alpha value is -3.31. The van der Waals surface area contributed by atoms with E-state index in [9.17, 15) is 4.79 Å². The Labute approximate surface area is 241 Å². The van der Waals surface area contributed by atoms with Gasteiger partial charge in [0.15, 0.2) is 5.11 Å². The van der Waals surface area contributed by atoms with Crippen LogP contribution >= 0.6 is 12.2 Å². The molecule has 1 amide bonds. The van der Waals surface area contributed by atoms with Crippen LogP contribution in [0, 0.1) is 0 Å². The number of nitrogens with one attached hydrogen (secondary N) is 2. The fraction of sp³-hybridized carbons (Fsp3) is 0.552. The average Bonchev–Trinajstić information content (AvgIpc) is 3.60. The second-order valence-corrected chi connectivity index (χ2v) is 12.1. The van der Waals surface area contributed by atoms with E-state index in [-0.39, 0.29) is 6.09 Å². The van der Waals surface area contributed by atoms with E-state index in [4.69, 9.17) is 21.9 Å². The molecule has 3 aromatic heterocycles. The molecule has 0 radical (unpaired) electrons. The predicted octanol–water partition coefficient (Wildman–Crippen LogP) is 4.67. The summed E-state index contributed by atoms with van der Waals surface area (Å²) in [7, 11) is 0. The summed E-state index contributed by atoms with van der Waals surface area (Å²) in [6.07, 6.45) is 11.4. The van der Waals surface area contributed by atoms with E-state index in [2.05, 4.69) is 31.8 Å². The molecule has 0 atom stereocenters. The normalized spacial score (nSPS) is 16.8. The highest BCUT2D eigenvalue weighted by Gasteiger charge is 2.25. The van der Waals surface area contributed by atoms with E-state index in [0.717, 1.165) is 54.8 Å². The number of piperazine rings is 1. The van der Waals surface area contributed by atoms with Gasteiger partial charge in [-0.25, -0.2) is 9.78 Å². The summed E-state index contributed by atoms with van der Waals surface area (Å²) in [5.41, 5.74) is 3.18. The molecule has 3 aromatic rings. The summed E-state index contributed by atoms with van der Waals surface area (Å²) in [5, 5.41) is 11.8. The van der Waals surface area contributed by atoms with Crippen molar-refractivity contribution in [3.8, 4) is 11.1 Å². The second-order valence-electron chi connectivity index (χ2n) is 11.7. The van der Waals surface area contributed by atoms with Gasteiger partial charge in [-0.2, -0.15) is 5.10 Å². The molecule has 0 aromatic carbocycles. The highest BCUT2D eigenvalue weighted by Crippen LogP contribution is 2.23. The molecule has 4 heterocycles. The molecule has 2 fully saturated rings. The molecule has 2 N–H and O–H groups in total. The summed E-state index contributed by atoms with van der Waals surface area (Å²) in [6, 6.07) is 6.38. The van der Waals surface area contributed by atoms with Gasteiger partial charge in [-0.15, -0.1) is 0 Å². The van der Waals surface area contributed by atoms with Crippen molar-refractivity contribution in [3.05, 3.63) is 36.8 Å². The van der Waals surface area contributed by atoms with E-state index in [0.29, 0.717) is 30.1 Å². The fourth-order valence-electron chi connectivity index (χ4n) is 5.21. The molecule has 0 spiro atoms. The van der Waals surface area contributed by atoms with E-state index in [1.165, 1.54) is 25.7 Å². The van der Waals surface area contributed by atoms with E-state index < -0.39 is 5.60 Å². The molecule has 1 saturated carbocycles. The summed E-state index contributed by atoms with van der Waals surface area (Å²) < 4.78 is 7.48. The molecular formula is C29H40N8O2S. The second kappa shape index (κ2) is 12.5. The van der Waals surface area contributed by atoms with Crippen molar-refractivity contribution in [2.45, 2.75) is 71.1 Å². The molecule has 5 rings (SSSR count). The fourth-order valence-corrected chi connectivity index (χ4v) is 5.49. The maximum atomic E-state index is 12.3. The largest absolute Gasteiger partial charge is 0.444 e. The van der Waals surface area contributed by atoms with E-state index >= 15 is 0 Å². The van der Waals surface area contributed by atoms with Gasteiger partial charge in [0.2, 0.25) is 0 Å². The SMILES string of the molecule is CC(C)(C)OC(=O)N1CCN(CCCn2cc(-c3cnc4ccc(NC(=S)NC5CCCC5)nc4c3)cn2)CC1. The zero-order valence-corrected chi connectivity index (χ0v) is 24.5. The number of hydrogen-bond acceptors (Lipinski definition) is 7. The van der Waals surface area contributed by atoms with Gasteiger partial charge < -0.3 is 20.3 Å². The van der Waals surface area contributed by atoms with Crippen molar-refractivity contribution in [1.29, 1.82) is 0 Å². The Morgan fingerprint density at radius 1 is 1.05 bits per heavy atom. The zero-order valence-electron chi connectivity index (χ0n) is 23.7. The van der Waals surface area contributed by atoms with Gasteiger partial charge >= 0.3 is 6.09 Å². The van der Waals surface area contributed by atoms with Crippen LogP contribution < -0.4 is 10.6 Å². The highest BCUT2D eigenvalue weighted by atomic mass is 32.1. The van der Waals surface area contributed by atoms with Crippen LogP contribution in [0.3, 0.4) is 0 Å². The highest BCUT2D eigenvalue weighted by molar-refractivity contribution is 7.80. The third-order valence-corrected chi connectivity index (χ3v) is 7.54. The molecule has 214 valence electrons. The number of aryl methyl sites for hydroxylation is 1. The molecule has 0 unspecified atom stereocenters. The van der Waals surface area contributed by atoms with Crippen LogP contribution in [0.1, 0.15) is 52.9 Å². The number of ether oxygens (including phenoxy) is 1. The zero-order chi connectivity index (χ0) is 28.1. The Bertz CT molecular complexity index is 1320. The maximum absolute atomic E-state index is 12.3. The lowest BCUT2D eigenvalue weighted by Crippen LogP contribution is -2.50. The lowest BCUT2D eigenvalue weighted by Gasteiger charge is -2.35. The summed E-state index contributed by atoms with van der Waals surface area (Å²) in [4.78, 5) is 25.8. The van der Waals surface area contributed by atoms with Crippen molar-refractivity contribution in [1.82, 2.24) is 34.9 Å². The van der Waals surface area contributed by atoms with Crippen LogP contribution in [0.25, 0.3) is 22.2 Å². The first kappa shape index (κ1) is 28.2. The van der Waals surface area contributed by atoms with Gasteiger partial charge in [0, 0.05) is 68.8 Å². The molecule has 1 aliphatic heterocycles. The Morgan fingerprint density at radius 3 is 2.58 bits per heavy atom. The molecule has 1 saturated heterocycles. The lowest BCUT2D eigenvalue weighted by molar-refractivity contribution is 0.0143. The van der Waals surface area contributed by atoms with Crippen LogP contribution in [-0.4, -0.2) is 85.1 Å². The number of pyridine rings is 2. The summed E-state index contributed by atoms with van der Waals surface area (Å²) >= 11 is 5.50. The Balaban J connectivity index is 1.11. The van der Waals surface area contributed by atoms with Gasteiger partial charge in [0.05, 0.1) is 17.2 Å². The van der Waals surface area contributed by atoms with Crippen LogP contribution in [-0.2, 0) is 11.3 Å². The third kappa shape index (κ3) is 7.66. The van der Waals surface area contributed by atoms with E-state index in [1.54, 1.807) is 4.90 Å². The molecule has 40 heavy (non-hydrogen) atoms. The smallest absolute Gasteiger partial charge is 0.410 e. The first-order valence-corrected chi connectivity index (χ1v) is 14.7. The van der Waals surface area contributed by atoms with Gasteiger partial charge in [-0.1, -0.05) is 12.8 Å². The van der Waals surface area contributed by atoms with Gasteiger partial charge in [-0.05, 0) is 70.5 Å². The van der Waals surface area contributed by atoms with Crippen LogP contribution in [0.5, 0.6) is 0 Å². The van der Waals surface area contributed by atoms with Crippen LogP contribution in [0.4, 0.5) is 10.6 Å². The minimum atomic E-state index is -0.462. The molecular weight excluding hydrogens is 524 g/mol. The topological polar surface area (TPSA) is 100 Å². The number of carbonyl (C=O) groups is 1. The van der Waals surface area contributed by atoms with Gasteiger partial charge in [0.25, 0.3) is 0 Å².